The molecular weight excluding hydrogens is 382 g/mol. The normalized spacial score (nSPS) is 21.7. The number of nitrogens with one attached hydrogen (secondary N) is 3. The molecule has 1 saturated heterocycles. The van der Waals surface area contributed by atoms with Crippen molar-refractivity contribution in [2.75, 3.05) is 19.0 Å². The number of carbonyl (C=O) groups excluding carboxylic acids is 1. The molecule has 0 radical (unpaired) electrons. The molecular formula is C17H17ClF2N4O3. The van der Waals surface area contributed by atoms with E-state index in [9.17, 15) is 18.7 Å². The molecule has 7 nitrogen and oxygen atoms in total. The van der Waals surface area contributed by atoms with Crippen molar-refractivity contribution >= 4 is 23.3 Å². The van der Waals surface area contributed by atoms with E-state index in [2.05, 4.69) is 20.9 Å². The Morgan fingerprint density at radius 1 is 1.37 bits per heavy atom. The molecule has 1 fully saturated rings. The number of rotatable bonds is 4. The summed E-state index contributed by atoms with van der Waals surface area (Å²) in [5, 5.41) is 18.1. The van der Waals surface area contributed by atoms with Gasteiger partial charge in [0.05, 0.1) is 25.0 Å². The number of carbonyl (C=O) groups is 1. The second kappa shape index (κ2) is 8.03. The molecule has 3 rings (SSSR count). The molecule has 1 aliphatic heterocycles. The van der Waals surface area contributed by atoms with Crippen LogP contribution in [0.5, 0.6) is 5.75 Å². The molecule has 144 valence electrons. The summed E-state index contributed by atoms with van der Waals surface area (Å²) >= 11 is 5.68. The number of urea groups is 1. The predicted molar refractivity (Wildman–Crippen MR) is 94.8 cm³/mol. The van der Waals surface area contributed by atoms with Crippen molar-refractivity contribution in [3.63, 3.8) is 0 Å². The van der Waals surface area contributed by atoms with Crippen molar-refractivity contribution in [3.05, 3.63) is 52.8 Å². The maximum absolute atomic E-state index is 14.4. The second-order valence-electron chi connectivity index (χ2n) is 5.96. The zero-order valence-corrected chi connectivity index (χ0v) is 14.9. The Kier molecular flexibility index (Phi) is 5.73. The van der Waals surface area contributed by atoms with Gasteiger partial charge < -0.3 is 20.5 Å². The molecule has 2 heterocycles. The summed E-state index contributed by atoms with van der Waals surface area (Å²) in [4.78, 5) is 16.0. The lowest BCUT2D eigenvalue weighted by Crippen LogP contribution is -2.47. The number of ether oxygens (including phenoxy) is 1. The second-order valence-corrected chi connectivity index (χ2v) is 6.35. The van der Waals surface area contributed by atoms with Gasteiger partial charge in [0.15, 0.2) is 0 Å². The summed E-state index contributed by atoms with van der Waals surface area (Å²) in [7, 11) is 1.30. The molecule has 0 spiro atoms. The molecule has 2 aromatic rings. The van der Waals surface area contributed by atoms with E-state index in [4.69, 9.17) is 16.3 Å². The van der Waals surface area contributed by atoms with Crippen molar-refractivity contribution < 1.29 is 23.4 Å². The lowest BCUT2D eigenvalue weighted by Gasteiger charge is -2.23. The largest absolute Gasteiger partial charge is 0.497 e. The Bertz CT molecular complexity index is 814. The van der Waals surface area contributed by atoms with Gasteiger partial charge in [-0.1, -0.05) is 11.6 Å². The molecule has 27 heavy (non-hydrogen) atoms. The first-order chi connectivity index (χ1) is 12.9. The number of anilines is 1. The lowest BCUT2D eigenvalue weighted by atomic mass is 9.92. The number of benzene rings is 1. The average Bonchev–Trinajstić information content (AvgIpc) is 2.97. The van der Waals surface area contributed by atoms with E-state index in [-0.39, 0.29) is 23.0 Å². The number of nitrogens with zero attached hydrogens (tertiary/aromatic N) is 1. The van der Waals surface area contributed by atoms with Gasteiger partial charge in [0.2, 0.25) is 0 Å². The first kappa shape index (κ1) is 19.3. The lowest BCUT2D eigenvalue weighted by molar-refractivity contribution is 0.128. The van der Waals surface area contributed by atoms with Crippen LogP contribution >= 0.6 is 11.6 Å². The standard InChI is InChI=1S/C17H17ClF2N4O3/c1-27-9-4-11(19)14(12(20)5-9)10-7-22-16(25)15(10)24-17(26)23-8-2-3-13(18)21-6-8/h2-6,10,15-16,22,25H,7H2,1H3,(H2,23,24,26)/t10-,15-,16?/m0/s1. The fraction of sp³-hybridized carbons (Fsp3) is 0.294. The molecule has 1 aromatic heterocycles. The first-order valence-electron chi connectivity index (χ1n) is 8.02. The van der Waals surface area contributed by atoms with Gasteiger partial charge in [-0.25, -0.2) is 18.6 Å². The minimum Gasteiger partial charge on any atom is -0.497 e. The average molecular weight is 399 g/mol. The van der Waals surface area contributed by atoms with Gasteiger partial charge in [0, 0.05) is 30.2 Å². The fourth-order valence-corrected chi connectivity index (χ4v) is 3.10. The maximum Gasteiger partial charge on any atom is 0.319 e. The number of halogens is 3. The number of methoxy groups -OCH3 is 1. The molecule has 10 heteroatoms. The number of amides is 2. The van der Waals surface area contributed by atoms with Crippen molar-refractivity contribution in [2.24, 2.45) is 0 Å². The van der Waals surface area contributed by atoms with Crippen LogP contribution in [-0.4, -0.2) is 42.0 Å². The van der Waals surface area contributed by atoms with Crippen molar-refractivity contribution in [1.82, 2.24) is 15.6 Å². The van der Waals surface area contributed by atoms with Crippen LogP contribution in [0.2, 0.25) is 5.15 Å². The first-order valence-corrected chi connectivity index (χ1v) is 8.40. The SMILES string of the molecule is COc1cc(F)c([C@@H]2CNC(O)[C@H]2NC(=O)Nc2ccc(Cl)nc2)c(F)c1. The minimum atomic E-state index is -1.18. The molecule has 3 atom stereocenters. The van der Waals surface area contributed by atoms with Crippen LogP contribution in [0.4, 0.5) is 19.3 Å². The van der Waals surface area contributed by atoms with Crippen LogP contribution in [-0.2, 0) is 0 Å². The number of aromatic nitrogens is 1. The highest BCUT2D eigenvalue weighted by Crippen LogP contribution is 2.32. The highest BCUT2D eigenvalue weighted by molar-refractivity contribution is 6.29. The summed E-state index contributed by atoms with van der Waals surface area (Å²) in [6.07, 6.45) is 0.177. The Morgan fingerprint density at radius 2 is 2.07 bits per heavy atom. The van der Waals surface area contributed by atoms with E-state index in [1.807, 2.05) is 0 Å². The summed E-state index contributed by atoms with van der Waals surface area (Å²) in [5.41, 5.74) is 0.133. The van der Waals surface area contributed by atoms with Gasteiger partial charge in [-0.15, -0.1) is 0 Å². The van der Waals surface area contributed by atoms with E-state index >= 15 is 0 Å². The monoisotopic (exact) mass is 398 g/mol. The van der Waals surface area contributed by atoms with Gasteiger partial charge >= 0.3 is 6.03 Å². The fourth-order valence-electron chi connectivity index (χ4n) is 2.98. The molecule has 0 aliphatic carbocycles. The summed E-state index contributed by atoms with van der Waals surface area (Å²) in [6, 6.07) is 3.53. The van der Waals surface area contributed by atoms with Gasteiger partial charge in [-0.05, 0) is 12.1 Å². The Balaban J connectivity index is 1.77. The molecule has 1 aromatic carbocycles. The third-order valence-electron chi connectivity index (χ3n) is 4.26. The van der Waals surface area contributed by atoms with E-state index in [0.717, 1.165) is 12.1 Å². The number of pyridine rings is 1. The number of aliphatic hydroxyl groups excluding tert-OH is 1. The van der Waals surface area contributed by atoms with Gasteiger partial charge in [0.1, 0.15) is 28.8 Å². The van der Waals surface area contributed by atoms with Crippen LogP contribution < -0.4 is 20.7 Å². The highest BCUT2D eigenvalue weighted by Gasteiger charge is 2.39. The van der Waals surface area contributed by atoms with Crippen LogP contribution in [0.3, 0.4) is 0 Å². The summed E-state index contributed by atoms with van der Waals surface area (Å²) < 4.78 is 33.6. The van der Waals surface area contributed by atoms with Crippen molar-refractivity contribution in [2.45, 2.75) is 18.2 Å². The van der Waals surface area contributed by atoms with Gasteiger partial charge in [-0.3, -0.25) is 5.32 Å². The molecule has 1 aliphatic rings. The zero-order valence-electron chi connectivity index (χ0n) is 14.2. The van der Waals surface area contributed by atoms with E-state index < -0.39 is 35.9 Å². The van der Waals surface area contributed by atoms with Crippen molar-refractivity contribution in [3.8, 4) is 5.75 Å². The summed E-state index contributed by atoms with van der Waals surface area (Å²) in [5.74, 6) is -2.42. The van der Waals surface area contributed by atoms with E-state index in [0.29, 0.717) is 5.69 Å². The van der Waals surface area contributed by atoms with Crippen LogP contribution in [0.15, 0.2) is 30.5 Å². The molecule has 4 N–H and O–H groups in total. The number of aliphatic hydroxyl groups is 1. The molecule has 2 amide bonds. The van der Waals surface area contributed by atoms with Crippen LogP contribution in [0.1, 0.15) is 11.5 Å². The van der Waals surface area contributed by atoms with E-state index in [1.54, 1.807) is 6.07 Å². The third kappa shape index (κ3) is 4.26. The number of hydrogen-bond donors (Lipinski definition) is 4. The predicted octanol–water partition coefficient (Wildman–Crippen LogP) is 2.22. The molecule has 1 unspecified atom stereocenters. The third-order valence-corrected chi connectivity index (χ3v) is 4.49. The zero-order chi connectivity index (χ0) is 19.6. The minimum absolute atomic E-state index is 0.0396. The van der Waals surface area contributed by atoms with Crippen LogP contribution in [0, 0.1) is 11.6 Å². The van der Waals surface area contributed by atoms with Crippen LogP contribution in [0.25, 0.3) is 0 Å². The Hall–Kier alpha value is -2.49. The highest BCUT2D eigenvalue weighted by atomic mass is 35.5. The smallest absolute Gasteiger partial charge is 0.319 e. The Labute approximate surface area is 158 Å². The van der Waals surface area contributed by atoms with E-state index in [1.165, 1.54) is 19.4 Å². The van der Waals surface area contributed by atoms with Crippen molar-refractivity contribution in [1.29, 1.82) is 0 Å². The Morgan fingerprint density at radius 3 is 2.67 bits per heavy atom. The summed E-state index contributed by atoms with van der Waals surface area (Å²) in [6.45, 7) is 0.0782. The topological polar surface area (TPSA) is 95.5 Å². The van der Waals surface area contributed by atoms with Gasteiger partial charge in [0.25, 0.3) is 0 Å². The molecule has 0 bridgehead atoms. The maximum atomic E-state index is 14.4. The van der Waals surface area contributed by atoms with Gasteiger partial charge in [-0.2, -0.15) is 0 Å². The number of hydrogen-bond acceptors (Lipinski definition) is 5. The molecule has 0 saturated carbocycles. The quantitative estimate of drug-likeness (QED) is 0.592.